The summed E-state index contributed by atoms with van der Waals surface area (Å²) in [6.07, 6.45) is 2.33. The molecule has 0 radical (unpaired) electrons. The van der Waals surface area contributed by atoms with E-state index in [-0.39, 0.29) is 30.2 Å². The molecule has 1 saturated carbocycles. The summed E-state index contributed by atoms with van der Waals surface area (Å²) in [7, 11) is -3.64. The number of anilines is 1. The van der Waals surface area contributed by atoms with Crippen LogP contribution in [0, 0.1) is 5.92 Å². The molecule has 0 bridgehead atoms. The molecule has 11 nitrogen and oxygen atoms in total. The molecule has 4 atom stereocenters. The van der Waals surface area contributed by atoms with Gasteiger partial charge in [0.15, 0.2) is 9.84 Å². The molecule has 2 fully saturated rings. The second-order valence-electron chi connectivity index (χ2n) is 9.80. The number of benzene rings is 1. The maximum Gasteiger partial charge on any atom is 0.246 e. The van der Waals surface area contributed by atoms with Gasteiger partial charge in [0.2, 0.25) is 23.6 Å². The normalized spacial score (nSPS) is 26.8. The van der Waals surface area contributed by atoms with Crippen molar-refractivity contribution >= 4 is 39.2 Å². The van der Waals surface area contributed by atoms with E-state index < -0.39 is 64.0 Å². The van der Waals surface area contributed by atoms with Gasteiger partial charge in [0.05, 0.1) is 16.4 Å². The van der Waals surface area contributed by atoms with Gasteiger partial charge < -0.3 is 26.6 Å². The van der Waals surface area contributed by atoms with E-state index in [0.717, 1.165) is 24.0 Å². The van der Waals surface area contributed by atoms with Crippen LogP contribution in [0.2, 0.25) is 0 Å². The molecule has 2 heterocycles. The fourth-order valence-electron chi connectivity index (χ4n) is 4.92. The average Bonchev–Trinajstić information content (AvgIpc) is 3.45. The number of carbonyl (C=O) groups is 4. The van der Waals surface area contributed by atoms with E-state index in [1.54, 1.807) is 0 Å². The summed E-state index contributed by atoms with van der Waals surface area (Å²) in [5.41, 5.74) is 10.5. The fraction of sp³-hybridized carbons (Fsp3) is 0.565. The van der Waals surface area contributed by atoms with Crippen LogP contribution < -0.4 is 16.8 Å². The fourth-order valence-corrected chi connectivity index (χ4v) is 5.57. The van der Waals surface area contributed by atoms with Crippen LogP contribution >= 0.6 is 0 Å². The number of nitrogens with one attached hydrogen (secondary N) is 1. The molecule has 35 heavy (non-hydrogen) atoms. The van der Waals surface area contributed by atoms with Crippen LogP contribution in [0.25, 0.3) is 0 Å². The first-order valence-corrected chi connectivity index (χ1v) is 13.2. The molecule has 4 amide bonds. The van der Waals surface area contributed by atoms with Gasteiger partial charge in [0.1, 0.15) is 12.1 Å². The molecule has 1 aromatic carbocycles. The highest BCUT2D eigenvalue weighted by Gasteiger charge is 2.58. The van der Waals surface area contributed by atoms with Crippen LogP contribution in [-0.2, 0) is 34.4 Å². The van der Waals surface area contributed by atoms with E-state index in [9.17, 15) is 27.6 Å². The van der Waals surface area contributed by atoms with E-state index in [4.69, 9.17) is 15.6 Å². The smallest absolute Gasteiger partial charge is 0.246 e. The molecule has 190 valence electrons. The Hall–Kier alpha value is -2.99. The molecule has 3 aliphatic rings. The second-order valence-corrected chi connectivity index (χ2v) is 11.8. The lowest BCUT2D eigenvalue weighted by molar-refractivity contribution is -0.147. The van der Waals surface area contributed by atoms with Gasteiger partial charge in [0, 0.05) is 29.6 Å². The van der Waals surface area contributed by atoms with Crippen molar-refractivity contribution in [2.75, 3.05) is 25.1 Å². The van der Waals surface area contributed by atoms with Crippen LogP contribution in [0.4, 0.5) is 5.69 Å². The van der Waals surface area contributed by atoms with E-state index in [0.29, 0.717) is 16.2 Å². The van der Waals surface area contributed by atoms with E-state index in [1.165, 1.54) is 25.1 Å². The number of carbonyl (C=O) groups excluding carboxylic acids is 4. The maximum atomic E-state index is 14.0. The lowest BCUT2D eigenvalue weighted by Gasteiger charge is -2.34. The molecule has 1 aliphatic carbocycles. The lowest BCUT2D eigenvalue weighted by Crippen LogP contribution is -2.55. The van der Waals surface area contributed by atoms with Crippen molar-refractivity contribution in [3.8, 4) is 0 Å². The van der Waals surface area contributed by atoms with Crippen molar-refractivity contribution in [2.45, 2.75) is 61.0 Å². The van der Waals surface area contributed by atoms with Crippen LogP contribution in [-0.4, -0.2) is 79.7 Å². The van der Waals surface area contributed by atoms with Crippen LogP contribution in [0.15, 0.2) is 23.1 Å². The summed E-state index contributed by atoms with van der Waals surface area (Å²) in [4.78, 5) is 54.3. The average molecular weight is 509 g/mol. The molecule has 12 heteroatoms. The van der Waals surface area contributed by atoms with E-state index >= 15 is 0 Å². The lowest BCUT2D eigenvalue weighted by atomic mass is 9.79. The molecular formula is C23H31N5O6S. The Kier molecular flexibility index (Phi) is 5.23. The van der Waals surface area contributed by atoms with Crippen molar-refractivity contribution in [1.29, 1.82) is 0 Å². The number of nitrogens with zero attached hydrogens (tertiary/aromatic N) is 2. The zero-order valence-corrected chi connectivity index (χ0v) is 20.3. The molecule has 5 N–H and O–H groups in total. The summed E-state index contributed by atoms with van der Waals surface area (Å²) in [6, 6.07) is 0.156. The number of nitrogens with two attached hydrogens (primary N) is 2. The predicted molar refractivity (Wildman–Crippen MR) is 127 cm³/mol. The van der Waals surface area contributed by atoms with Gasteiger partial charge in [-0.1, -0.05) is 12.8 Å². The second kappa shape index (κ2) is 8.59. The van der Waals surface area contributed by atoms with Gasteiger partial charge in [-0.05, 0) is 49.4 Å². The topological polar surface area (TPSA) is 173 Å². The Morgan fingerprint density at radius 1 is 1.34 bits per heavy atom. The van der Waals surface area contributed by atoms with Crippen molar-refractivity contribution < 1.29 is 31.7 Å². The highest BCUT2D eigenvalue weighted by Crippen LogP contribution is 2.47. The van der Waals surface area contributed by atoms with Crippen molar-refractivity contribution in [3.63, 3.8) is 0 Å². The van der Waals surface area contributed by atoms with Gasteiger partial charge >= 0.3 is 0 Å². The largest absolute Gasteiger partial charge is 0.368 e. The van der Waals surface area contributed by atoms with E-state index in [1.807, 2.05) is 0 Å². The summed E-state index contributed by atoms with van der Waals surface area (Å²) in [6.45, 7) is -2.04. The Bertz CT molecular complexity index is 1310. The first-order chi connectivity index (χ1) is 17.5. The quantitative estimate of drug-likeness (QED) is 0.438. The van der Waals surface area contributed by atoms with Crippen LogP contribution in [0.5, 0.6) is 0 Å². The monoisotopic (exact) mass is 508 g/mol. The number of sulfone groups is 1. The van der Waals surface area contributed by atoms with Gasteiger partial charge in [-0.15, -0.1) is 0 Å². The minimum atomic E-state index is -3.64. The van der Waals surface area contributed by atoms with Crippen molar-refractivity contribution in [2.24, 2.45) is 17.4 Å². The van der Waals surface area contributed by atoms with E-state index in [2.05, 4.69) is 5.32 Å². The van der Waals surface area contributed by atoms with Gasteiger partial charge in [-0.25, -0.2) is 8.42 Å². The zero-order chi connectivity index (χ0) is 28.4. The number of likely N-dealkylation sites (N-methyl/N-ethyl adjacent to an activating group) is 1. The Morgan fingerprint density at radius 3 is 2.57 bits per heavy atom. The molecule has 2 aliphatic heterocycles. The summed E-state index contributed by atoms with van der Waals surface area (Å²) in [5, 5.41) is 2.68. The minimum absolute atomic E-state index is 0.00564. The highest BCUT2D eigenvalue weighted by molar-refractivity contribution is 7.90. The molecular weight excluding hydrogens is 474 g/mol. The Balaban J connectivity index is 1.79. The molecule has 4 rings (SSSR count). The summed E-state index contributed by atoms with van der Waals surface area (Å²) in [5.74, 6) is -3.23. The van der Waals surface area contributed by atoms with Gasteiger partial charge in [-0.3, -0.25) is 19.2 Å². The standard InChI is InChI=1S/C23H31N5O6S/c1-12(24)20(30)27(2)17(8-13-4-5-13)21(31)28-11-23(10-18(28)19(25)29)15-9-14(35(3,33)34)6-7-16(15)26-22(23)32/h6-7,9,12-13,17-18H,4-5,8,10-11,24H2,1-3H3,(H2,25,29)(H,26,32)/t12-,17-,18-,23-/m0/s1/i2D3. The Morgan fingerprint density at radius 2 is 2.03 bits per heavy atom. The predicted octanol–water partition coefficient (Wildman–Crippen LogP) is -0.659. The zero-order valence-electron chi connectivity index (χ0n) is 22.5. The molecule has 0 unspecified atom stereocenters. The number of hydrogen-bond acceptors (Lipinski definition) is 7. The third kappa shape index (κ3) is 4.40. The summed E-state index contributed by atoms with van der Waals surface area (Å²) >= 11 is 0. The van der Waals surface area contributed by atoms with Gasteiger partial charge in [0.25, 0.3) is 0 Å². The first kappa shape index (κ1) is 21.3. The number of fused-ring (bicyclic) bond motifs is 2. The van der Waals surface area contributed by atoms with Crippen molar-refractivity contribution in [3.05, 3.63) is 23.8 Å². The number of primary amides is 1. The maximum absolute atomic E-state index is 14.0. The van der Waals surface area contributed by atoms with Crippen LogP contribution in [0.1, 0.15) is 42.3 Å². The Labute approximate surface area is 208 Å². The number of rotatable bonds is 7. The molecule has 1 spiro atoms. The summed E-state index contributed by atoms with van der Waals surface area (Å²) < 4.78 is 48.3. The number of hydrogen-bond donors (Lipinski definition) is 3. The molecule has 1 saturated heterocycles. The number of amides is 4. The van der Waals surface area contributed by atoms with Crippen LogP contribution in [0.3, 0.4) is 0 Å². The number of likely N-dealkylation sites (tertiary alicyclic amines) is 1. The minimum Gasteiger partial charge on any atom is -0.368 e. The van der Waals surface area contributed by atoms with Crippen molar-refractivity contribution in [1.82, 2.24) is 9.80 Å². The first-order valence-electron chi connectivity index (χ1n) is 12.8. The highest BCUT2D eigenvalue weighted by atomic mass is 32.2. The molecule has 0 aromatic heterocycles. The SMILES string of the molecule is [2H]C([2H])([2H])N(C(=O)[C@H](C)N)[C@@H](CC1CC1)C(=O)N1C[C@]2(C[C@H]1C(N)=O)C(=O)Nc1ccc(S(C)(=O)=O)cc12. The molecule has 1 aromatic rings. The third-order valence-electron chi connectivity index (χ3n) is 7.06. The van der Waals surface area contributed by atoms with Gasteiger partial charge in [-0.2, -0.15) is 0 Å². The third-order valence-corrected chi connectivity index (χ3v) is 8.17.